The molecule has 0 amide bonds. The summed E-state index contributed by atoms with van der Waals surface area (Å²) in [5.41, 5.74) is -0.472. The minimum atomic E-state index is -0.472. The average molecular weight is 230 g/mol. The van der Waals surface area contributed by atoms with Gasteiger partial charge in [0.25, 0.3) is 0 Å². The lowest BCUT2D eigenvalue weighted by atomic mass is 9.66. The highest BCUT2D eigenvalue weighted by Crippen LogP contribution is 2.57. The minimum Gasteiger partial charge on any atom is -0.454 e. The first-order valence-electron chi connectivity index (χ1n) is 6.33. The molecule has 0 N–H and O–H groups in total. The predicted octanol–water partition coefficient (Wildman–Crippen LogP) is 1.64. The Morgan fingerprint density at radius 2 is 2.06 bits per heavy atom. The summed E-state index contributed by atoms with van der Waals surface area (Å²) in [6.07, 6.45) is 10.2. The summed E-state index contributed by atoms with van der Waals surface area (Å²) in [6, 6.07) is 0. The first kappa shape index (κ1) is 9.63. The second-order valence-corrected chi connectivity index (χ2v) is 5.66. The van der Waals surface area contributed by atoms with Crippen molar-refractivity contribution < 1.29 is 14.3 Å². The van der Waals surface area contributed by atoms with Crippen LogP contribution in [0.1, 0.15) is 19.3 Å². The quantitative estimate of drug-likeness (QED) is 0.469. The van der Waals surface area contributed by atoms with Crippen LogP contribution >= 0.6 is 0 Å². The van der Waals surface area contributed by atoms with Crippen molar-refractivity contribution in [2.45, 2.75) is 24.9 Å². The van der Waals surface area contributed by atoms with Crippen LogP contribution in [0.25, 0.3) is 0 Å². The molecular formula is C14H14O3. The molecule has 1 heterocycles. The molecule has 4 aliphatic rings. The lowest BCUT2D eigenvalue weighted by molar-refractivity contribution is -0.153. The summed E-state index contributed by atoms with van der Waals surface area (Å²) >= 11 is 0. The van der Waals surface area contributed by atoms with Crippen LogP contribution in [0.3, 0.4) is 0 Å². The van der Waals surface area contributed by atoms with E-state index in [9.17, 15) is 9.59 Å². The lowest BCUT2D eigenvalue weighted by Gasteiger charge is -2.41. The van der Waals surface area contributed by atoms with Gasteiger partial charge in [-0.25, -0.2) is 0 Å². The Hall–Kier alpha value is -1.38. The molecule has 3 nitrogen and oxygen atoms in total. The highest BCUT2D eigenvalue weighted by molar-refractivity contribution is 5.94. The molecule has 4 rings (SSSR count). The molecule has 2 bridgehead atoms. The van der Waals surface area contributed by atoms with Gasteiger partial charge in [-0.1, -0.05) is 12.2 Å². The van der Waals surface area contributed by atoms with E-state index in [2.05, 4.69) is 12.2 Å². The Balaban J connectivity index is 1.82. The maximum absolute atomic E-state index is 12.0. The van der Waals surface area contributed by atoms with E-state index >= 15 is 0 Å². The van der Waals surface area contributed by atoms with Crippen molar-refractivity contribution in [3.63, 3.8) is 0 Å². The molecule has 17 heavy (non-hydrogen) atoms. The number of fused-ring (bicyclic) bond motifs is 6. The number of hydrogen-bond acceptors (Lipinski definition) is 3. The van der Waals surface area contributed by atoms with E-state index in [1.54, 1.807) is 6.08 Å². The van der Waals surface area contributed by atoms with Gasteiger partial charge in [-0.05, 0) is 30.4 Å². The van der Waals surface area contributed by atoms with Crippen molar-refractivity contribution in [3.8, 4) is 0 Å². The number of ketones is 1. The Kier molecular flexibility index (Phi) is 1.64. The third-order valence-electron chi connectivity index (χ3n) is 4.91. The zero-order valence-corrected chi connectivity index (χ0v) is 9.46. The Morgan fingerprint density at radius 1 is 1.24 bits per heavy atom. The molecule has 2 fully saturated rings. The molecule has 2 unspecified atom stereocenters. The number of esters is 1. The SMILES string of the molecule is O=C1CC[C@]2(C=CC(=O)[C@@H]3C4C=CC(C4)[C@@H]32)O1. The van der Waals surface area contributed by atoms with E-state index in [1.165, 1.54) is 0 Å². The van der Waals surface area contributed by atoms with Gasteiger partial charge in [0.2, 0.25) is 0 Å². The standard InChI is InChI=1S/C14H14O3/c15-10-3-5-14(6-4-11(16)17-14)13-9-2-1-8(7-9)12(10)13/h1-3,5,8-9,12-13H,4,6-7H2/t8?,9?,12-,13-,14-/m0/s1. The average Bonchev–Trinajstić information content (AvgIpc) is 2.99. The first-order chi connectivity index (χ1) is 8.20. The van der Waals surface area contributed by atoms with Crippen LogP contribution in [0, 0.1) is 23.7 Å². The van der Waals surface area contributed by atoms with Crippen LogP contribution in [0.15, 0.2) is 24.3 Å². The second kappa shape index (κ2) is 2.89. The highest BCUT2D eigenvalue weighted by atomic mass is 16.6. The number of carbonyl (C=O) groups excluding carboxylic acids is 2. The molecule has 3 aliphatic carbocycles. The van der Waals surface area contributed by atoms with Gasteiger partial charge in [-0.15, -0.1) is 0 Å². The largest absolute Gasteiger partial charge is 0.454 e. The molecule has 1 saturated carbocycles. The molecule has 3 heteroatoms. The number of carbonyl (C=O) groups is 2. The summed E-state index contributed by atoms with van der Waals surface area (Å²) in [5, 5.41) is 0. The fourth-order valence-corrected chi connectivity index (χ4v) is 4.29. The zero-order valence-electron chi connectivity index (χ0n) is 9.46. The van der Waals surface area contributed by atoms with Crippen molar-refractivity contribution in [2.75, 3.05) is 0 Å². The van der Waals surface area contributed by atoms with Crippen LogP contribution in [-0.4, -0.2) is 17.4 Å². The van der Waals surface area contributed by atoms with Crippen LogP contribution in [0.4, 0.5) is 0 Å². The summed E-state index contributed by atoms with van der Waals surface area (Å²) < 4.78 is 5.59. The summed E-state index contributed by atoms with van der Waals surface area (Å²) in [6.45, 7) is 0. The van der Waals surface area contributed by atoms with Gasteiger partial charge >= 0.3 is 5.97 Å². The maximum Gasteiger partial charge on any atom is 0.306 e. The number of hydrogen-bond donors (Lipinski definition) is 0. The van der Waals surface area contributed by atoms with Crippen molar-refractivity contribution in [1.29, 1.82) is 0 Å². The number of rotatable bonds is 0. The van der Waals surface area contributed by atoms with Crippen molar-refractivity contribution >= 4 is 11.8 Å². The maximum atomic E-state index is 12.0. The smallest absolute Gasteiger partial charge is 0.306 e. The Morgan fingerprint density at radius 3 is 2.82 bits per heavy atom. The van der Waals surface area contributed by atoms with E-state index < -0.39 is 5.60 Å². The minimum absolute atomic E-state index is 0.0564. The normalized spacial score (nSPS) is 50.1. The zero-order chi connectivity index (χ0) is 11.6. The van der Waals surface area contributed by atoms with Crippen molar-refractivity contribution in [1.82, 2.24) is 0 Å². The molecule has 88 valence electrons. The van der Waals surface area contributed by atoms with Gasteiger partial charge in [0, 0.05) is 24.7 Å². The molecule has 0 aromatic heterocycles. The van der Waals surface area contributed by atoms with E-state index in [0.717, 1.165) is 12.8 Å². The number of allylic oxidation sites excluding steroid dienone is 3. The molecule has 1 saturated heterocycles. The summed E-state index contributed by atoms with van der Waals surface area (Å²) in [4.78, 5) is 23.5. The lowest BCUT2D eigenvalue weighted by Crippen LogP contribution is -2.47. The molecule has 5 atom stereocenters. The van der Waals surface area contributed by atoms with Crippen LogP contribution in [-0.2, 0) is 14.3 Å². The topological polar surface area (TPSA) is 43.4 Å². The van der Waals surface area contributed by atoms with Crippen LogP contribution in [0.2, 0.25) is 0 Å². The number of ether oxygens (including phenoxy) is 1. The monoisotopic (exact) mass is 230 g/mol. The third kappa shape index (κ3) is 1.07. The molecule has 0 radical (unpaired) electrons. The third-order valence-corrected chi connectivity index (χ3v) is 4.91. The van der Waals surface area contributed by atoms with Crippen LogP contribution in [0.5, 0.6) is 0 Å². The fourth-order valence-electron chi connectivity index (χ4n) is 4.29. The van der Waals surface area contributed by atoms with Crippen LogP contribution < -0.4 is 0 Å². The second-order valence-electron chi connectivity index (χ2n) is 5.66. The Labute approximate surface area is 99.5 Å². The molecule has 1 aliphatic heterocycles. The van der Waals surface area contributed by atoms with Crippen molar-refractivity contribution in [3.05, 3.63) is 24.3 Å². The molecule has 0 aromatic carbocycles. The molecule has 0 aromatic rings. The molecule has 1 spiro atoms. The van der Waals surface area contributed by atoms with Gasteiger partial charge in [0.05, 0.1) is 0 Å². The predicted molar refractivity (Wildman–Crippen MR) is 59.9 cm³/mol. The van der Waals surface area contributed by atoms with Crippen molar-refractivity contribution in [2.24, 2.45) is 23.7 Å². The van der Waals surface area contributed by atoms with Gasteiger partial charge < -0.3 is 4.74 Å². The van der Waals surface area contributed by atoms with Gasteiger partial charge in [-0.3, -0.25) is 9.59 Å². The van der Waals surface area contributed by atoms with E-state index in [4.69, 9.17) is 4.74 Å². The fraction of sp³-hybridized carbons (Fsp3) is 0.571. The summed E-state index contributed by atoms with van der Waals surface area (Å²) in [5.74, 6) is 1.15. The van der Waals surface area contributed by atoms with Gasteiger partial charge in [0.1, 0.15) is 5.60 Å². The van der Waals surface area contributed by atoms with E-state index in [-0.39, 0.29) is 23.6 Å². The first-order valence-corrected chi connectivity index (χ1v) is 6.33. The van der Waals surface area contributed by atoms with E-state index in [0.29, 0.717) is 18.3 Å². The summed E-state index contributed by atoms with van der Waals surface area (Å²) in [7, 11) is 0. The Bertz CT molecular complexity index is 476. The van der Waals surface area contributed by atoms with E-state index in [1.807, 2.05) is 6.08 Å². The highest BCUT2D eigenvalue weighted by Gasteiger charge is 2.60. The van der Waals surface area contributed by atoms with Gasteiger partial charge in [0.15, 0.2) is 5.78 Å². The van der Waals surface area contributed by atoms with Gasteiger partial charge in [-0.2, -0.15) is 0 Å². The molecular weight excluding hydrogens is 216 g/mol.